The van der Waals surface area contributed by atoms with E-state index >= 15 is 0 Å². The van der Waals surface area contributed by atoms with Crippen LogP contribution < -0.4 is 5.73 Å². The molecule has 4 nitrogen and oxygen atoms in total. The third-order valence-electron chi connectivity index (χ3n) is 3.29. The van der Waals surface area contributed by atoms with Crippen molar-refractivity contribution >= 4 is 16.8 Å². The molecule has 0 radical (unpaired) electrons. The van der Waals surface area contributed by atoms with E-state index in [-0.39, 0.29) is 5.41 Å². The van der Waals surface area contributed by atoms with Crippen molar-refractivity contribution in [1.29, 1.82) is 0 Å². The van der Waals surface area contributed by atoms with E-state index in [1.54, 1.807) is 12.4 Å². The Morgan fingerprint density at radius 3 is 2.65 bits per heavy atom. The van der Waals surface area contributed by atoms with Crippen LogP contribution in [0.5, 0.6) is 0 Å². The molecule has 0 aliphatic carbocycles. The molecule has 0 saturated heterocycles. The summed E-state index contributed by atoms with van der Waals surface area (Å²) >= 11 is 0. The molecule has 0 saturated carbocycles. The maximum absolute atomic E-state index is 6.10. The second kappa shape index (κ2) is 4.34. The highest BCUT2D eigenvalue weighted by Gasteiger charge is 2.18. The van der Waals surface area contributed by atoms with Gasteiger partial charge in [-0.05, 0) is 35.2 Å². The van der Waals surface area contributed by atoms with Crippen LogP contribution in [-0.4, -0.2) is 9.97 Å². The SMILES string of the molecule is CC(C)(C)c1cc(N)c2oc(-c3cccnc3)nc2c1. The first-order valence-electron chi connectivity index (χ1n) is 6.56. The van der Waals surface area contributed by atoms with Crippen LogP contribution in [0.1, 0.15) is 26.3 Å². The molecule has 2 heterocycles. The molecule has 0 spiro atoms. The van der Waals surface area contributed by atoms with Crippen molar-refractivity contribution in [1.82, 2.24) is 9.97 Å². The van der Waals surface area contributed by atoms with Gasteiger partial charge in [0.1, 0.15) is 5.52 Å². The van der Waals surface area contributed by atoms with Crippen molar-refractivity contribution in [3.8, 4) is 11.5 Å². The van der Waals surface area contributed by atoms with Crippen LogP contribution in [0.25, 0.3) is 22.6 Å². The minimum absolute atomic E-state index is 0.0235. The summed E-state index contributed by atoms with van der Waals surface area (Å²) in [4.78, 5) is 8.61. The number of pyridine rings is 1. The maximum atomic E-state index is 6.10. The highest BCUT2D eigenvalue weighted by atomic mass is 16.3. The van der Waals surface area contributed by atoms with Gasteiger partial charge in [0.05, 0.1) is 11.3 Å². The maximum Gasteiger partial charge on any atom is 0.228 e. The van der Waals surface area contributed by atoms with Gasteiger partial charge >= 0.3 is 0 Å². The Balaban J connectivity index is 2.19. The number of hydrogen-bond acceptors (Lipinski definition) is 4. The molecule has 0 aliphatic rings. The summed E-state index contributed by atoms with van der Waals surface area (Å²) in [5.74, 6) is 0.547. The topological polar surface area (TPSA) is 64.9 Å². The van der Waals surface area contributed by atoms with Crippen molar-refractivity contribution < 1.29 is 4.42 Å². The van der Waals surface area contributed by atoms with Crippen LogP contribution in [0.15, 0.2) is 41.1 Å². The van der Waals surface area contributed by atoms with Gasteiger partial charge in [-0.3, -0.25) is 4.98 Å². The van der Waals surface area contributed by atoms with Crippen LogP contribution >= 0.6 is 0 Å². The molecule has 1 aromatic carbocycles. The number of nitrogen functional groups attached to an aromatic ring is 1. The zero-order valence-electron chi connectivity index (χ0n) is 11.8. The number of oxazole rings is 1. The predicted molar refractivity (Wildman–Crippen MR) is 80.4 cm³/mol. The minimum Gasteiger partial charge on any atom is -0.434 e. The highest BCUT2D eigenvalue weighted by Crippen LogP contribution is 2.32. The molecule has 0 aliphatic heterocycles. The second-order valence-electron chi connectivity index (χ2n) is 5.92. The summed E-state index contributed by atoms with van der Waals surface area (Å²) in [6, 6.07) is 7.77. The molecule has 0 unspecified atom stereocenters. The molecule has 2 N–H and O–H groups in total. The Kier molecular flexibility index (Phi) is 2.74. The van der Waals surface area contributed by atoms with Gasteiger partial charge in [-0.1, -0.05) is 20.8 Å². The standard InChI is InChI=1S/C16H17N3O/c1-16(2,3)11-7-12(17)14-13(8-11)19-15(20-14)10-5-4-6-18-9-10/h4-9H,17H2,1-3H3. The number of hydrogen-bond donors (Lipinski definition) is 1. The summed E-state index contributed by atoms with van der Waals surface area (Å²) in [7, 11) is 0. The lowest BCUT2D eigenvalue weighted by Crippen LogP contribution is -2.11. The summed E-state index contributed by atoms with van der Waals surface area (Å²) in [5.41, 5.74) is 10.2. The number of benzene rings is 1. The zero-order valence-corrected chi connectivity index (χ0v) is 11.8. The quantitative estimate of drug-likeness (QED) is 0.682. The number of nitrogens with two attached hydrogens (primary N) is 1. The molecule has 0 amide bonds. The van der Waals surface area contributed by atoms with Gasteiger partial charge < -0.3 is 10.2 Å². The first-order valence-corrected chi connectivity index (χ1v) is 6.56. The highest BCUT2D eigenvalue weighted by molar-refractivity contribution is 5.87. The molecule has 2 aromatic heterocycles. The molecular weight excluding hydrogens is 250 g/mol. The van der Waals surface area contributed by atoms with E-state index in [2.05, 4.69) is 30.7 Å². The van der Waals surface area contributed by atoms with Gasteiger partial charge in [0.25, 0.3) is 0 Å². The summed E-state index contributed by atoms with van der Waals surface area (Å²) < 4.78 is 5.78. The van der Waals surface area contributed by atoms with E-state index in [1.807, 2.05) is 24.3 Å². The van der Waals surface area contributed by atoms with E-state index in [4.69, 9.17) is 10.2 Å². The molecule has 102 valence electrons. The van der Waals surface area contributed by atoms with Gasteiger partial charge in [0, 0.05) is 12.4 Å². The Bertz CT molecular complexity index is 754. The second-order valence-corrected chi connectivity index (χ2v) is 5.92. The number of nitrogens with zero attached hydrogens (tertiary/aromatic N) is 2. The average Bonchev–Trinajstić information content (AvgIpc) is 2.83. The molecule has 20 heavy (non-hydrogen) atoms. The lowest BCUT2D eigenvalue weighted by atomic mass is 9.86. The Labute approximate surface area is 117 Å². The Morgan fingerprint density at radius 1 is 1.20 bits per heavy atom. The van der Waals surface area contributed by atoms with Gasteiger partial charge in [-0.25, -0.2) is 4.98 Å². The molecule has 3 aromatic rings. The molecule has 3 rings (SSSR count). The number of aromatic nitrogens is 2. The van der Waals surface area contributed by atoms with Crippen LogP contribution in [-0.2, 0) is 5.41 Å². The van der Waals surface area contributed by atoms with E-state index in [0.29, 0.717) is 17.2 Å². The van der Waals surface area contributed by atoms with Crippen molar-refractivity contribution in [3.63, 3.8) is 0 Å². The normalized spacial score (nSPS) is 11.9. The van der Waals surface area contributed by atoms with Crippen molar-refractivity contribution in [2.75, 3.05) is 5.73 Å². The predicted octanol–water partition coefficient (Wildman–Crippen LogP) is 3.77. The summed E-state index contributed by atoms with van der Waals surface area (Å²) in [6.45, 7) is 6.45. The van der Waals surface area contributed by atoms with E-state index < -0.39 is 0 Å². The third kappa shape index (κ3) is 2.13. The van der Waals surface area contributed by atoms with Crippen molar-refractivity contribution in [3.05, 3.63) is 42.2 Å². The average molecular weight is 267 g/mol. The summed E-state index contributed by atoms with van der Waals surface area (Å²) in [5, 5.41) is 0. The smallest absolute Gasteiger partial charge is 0.228 e. The molecule has 0 atom stereocenters. The zero-order chi connectivity index (χ0) is 14.3. The van der Waals surface area contributed by atoms with E-state index in [0.717, 1.165) is 16.6 Å². The fraction of sp³-hybridized carbons (Fsp3) is 0.250. The molecule has 0 fully saturated rings. The largest absolute Gasteiger partial charge is 0.434 e. The number of fused-ring (bicyclic) bond motifs is 1. The van der Waals surface area contributed by atoms with Gasteiger partial charge in [0.2, 0.25) is 5.89 Å². The van der Waals surface area contributed by atoms with Gasteiger partial charge in [-0.15, -0.1) is 0 Å². The van der Waals surface area contributed by atoms with Crippen molar-refractivity contribution in [2.24, 2.45) is 0 Å². The summed E-state index contributed by atoms with van der Waals surface area (Å²) in [6.07, 6.45) is 3.45. The number of rotatable bonds is 1. The fourth-order valence-electron chi connectivity index (χ4n) is 2.10. The van der Waals surface area contributed by atoms with Gasteiger partial charge in [-0.2, -0.15) is 0 Å². The van der Waals surface area contributed by atoms with Crippen LogP contribution in [0.3, 0.4) is 0 Å². The molecule has 0 bridgehead atoms. The Hall–Kier alpha value is -2.36. The lowest BCUT2D eigenvalue weighted by Gasteiger charge is -2.19. The van der Waals surface area contributed by atoms with E-state index in [1.165, 1.54) is 0 Å². The van der Waals surface area contributed by atoms with Crippen LogP contribution in [0, 0.1) is 0 Å². The first-order chi connectivity index (χ1) is 9.45. The molecule has 4 heteroatoms. The first kappa shape index (κ1) is 12.7. The van der Waals surface area contributed by atoms with Gasteiger partial charge in [0.15, 0.2) is 5.58 Å². The van der Waals surface area contributed by atoms with E-state index in [9.17, 15) is 0 Å². The third-order valence-corrected chi connectivity index (χ3v) is 3.29. The molecular formula is C16H17N3O. The van der Waals surface area contributed by atoms with Crippen LogP contribution in [0.2, 0.25) is 0 Å². The minimum atomic E-state index is 0.0235. The van der Waals surface area contributed by atoms with Crippen LogP contribution in [0.4, 0.5) is 5.69 Å². The monoisotopic (exact) mass is 267 g/mol. The van der Waals surface area contributed by atoms with Crippen molar-refractivity contribution in [2.45, 2.75) is 26.2 Å². The lowest BCUT2D eigenvalue weighted by molar-refractivity contribution is 0.590. The fourth-order valence-corrected chi connectivity index (χ4v) is 2.10. The Morgan fingerprint density at radius 2 is 2.00 bits per heavy atom. The number of anilines is 1.